The van der Waals surface area contributed by atoms with Gasteiger partial charge in [0.1, 0.15) is 11.4 Å². The first-order valence-electron chi connectivity index (χ1n) is 6.99. The molecule has 0 bridgehead atoms. The number of benzene rings is 1. The molecule has 6 nitrogen and oxygen atoms in total. The van der Waals surface area contributed by atoms with Gasteiger partial charge in [0.25, 0.3) is 0 Å². The van der Waals surface area contributed by atoms with Crippen molar-refractivity contribution in [1.29, 1.82) is 0 Å². The summed E-state index contributed by atoms with van der Waals surface area (Å²) < 4.78 is 19.6. The van der Waals surface area contributed by atoms with Crippen molar-refractivity contribution in [3.8, 4) is 5.75 Å². The Morgan fingerprint density at radius 2 is 2.17 bits per heavy atom. The van der Waals surface area contributed by atoms with Gasteiger partial charge in [-0.15, -0.1) is 10.2 Å². The molecule has 1 saturated carbocycles. The van der Waals surface area contributed by atoms with Gasteiger partial charge in [-0.2, -0.15) is 0 Å². The van der Waals surface area contributed by atoms with E-state index in [1.807, 2.05) is 0 Å². The van der Waals surface area contributed by atoms with Crippen molar-refractivity contribution in [2.45, 2.75) is 28.2 Å². The molecule has 0 radical (unpaired) electrons. The molecule has 1 N–H and O–H groups in total. The Morgan fingerprint density at radius 1 is 1.30 bits per heavy atom. The van der Waals surface area contributed by atoms with Crippen LogP contribution in [0.15, 0.2) is 27.8 Å². The fourth-order valence-corrected chi connectivity index (χ4v) is 3.88. The number of aromatic nitrogens is 4. The van der Waals surface area contributed by atoms with Gasteiger partial charge in [-0.1, -0.05) is 11.3 Å². The van der Waals surface area contributed by atoms with E-state index in [0.29, 0.717) is 16.6 Å². The quantitative estimate of drug-likeness (QED) is 0.708. The van der Waals surface area contributed by atoms with Crippen molar-refractivity contribution < 1.29 is 9.13 Å². The van der Waals surface area contributed by atoms with Crippen molar-refractivity contribution in [3.63, 3.8) is 0 Å². The summed E-state index contributed by atoms with van der Waals surface area (Å²) in [5.74, 6) is -0.274. The summed E-state index contributed by atoms with van der Waals surface area (Å²) >= 11 is 2.87. The Labute approximate surface area is 139 Å². The number of fused-ring (bicyclic) bond motifs is 1. The number of rotatable bonds is 5. The maximum atomic E-state index is 13.8. The minimum Gasteiger partial charge on any atom is -0.494 e. The summed E-state index contributed by atoms with van der Waals surface area (Å²) in [6.45, 7) is 0. The third-order valence-electron chi connectivity index (χ3n) is 3.37. The number of methoxy groups -OCH3 is 1. The molecule has 1 aliphatic rings. The molecule has 0 unspecified atom stereocenters. The van der Waals surface area contributed by atoms with E-state index in [4.69, 9.17) is 4.74 Å². The van der Waals surface area contributed by atoms with E-state index in [2.05, 4.69) is 25.5 Å². The predicted molar refractivity (Wildman–Crippen MR) is 86.7 cm³/mol. The molecule has 2 aromatic heterocycles. The van der Waals surface area contributed by atoms with Gasteiger partial charge in [-0.25, -0.2) is 14.4 Å². The van der Waals surface area contributed by atoms with E-state index in [1.165, 1.54) is 55.4 Å². The number of hydrogen-bond donors (Lipinski definition) is 1. The molecule has 1 aromatic carbocycles. The monoisotopic (exact) mass is 349 g/mol. The number of hydrogen-bond acceptors (Lipinski definition) is 8. The first-order valence-corrected chi connectivity index (χ1v) is 8.62. The minimum atomic E-state index is -0.443. The average molecular weight is 349 g/mol. The van der Waals surface area contributed by atoms with Crippen molar-refractivity contribution in [1.82, 2.24) is 20.2 Å². The Morgan fingerprint density at radius 3 is 2.96 bits per heavy atom. The van der Waals surface area contributed by atoms with Crippen LogP contribution in [0.4, 0.5) is 9.52 Å². The smallest absolute Gasteiger partial charge is 0.206 e. The largest absolute Gasteiger partial charge is 0.494 e. The Kier molecular flexibility index (Phi) is 3.74. The predicted octanol–water partition coefficient (Wildman–Crippen LogP) is 3.35. The Hall–Kier alpha value is -2.00. The summed E-state index contributed by atoms with van der Waals surface area (Å²) in [5, 5.41) is 13.8. The molecule has 0 aliphatic heterocycles. The maximum absolute atomic E-state index is 13.8. The number of halogens is 1. The topological polar surface area (TPSA) is 72.8 Å². The van der Waals surface area contributed by atoms with Crippen LogP contribution < -0.4 is 10.1 Å². The molecule has 23 heavy (non-hydrogen) atoms. The van der Waals surface area contributed by atoms with Crippen molar-refractivity contribution in [3.05, 3.63) is 24.3 Å². The lowest BCUT2D eigenvalue weighted by atomic mass is 10.2. The molecule has 4 rings (SSSR count). The van der Waals surface area contributed by atoms with E-state index >= 15 is 0 Å². The highest BCUT2D eigenvalue weighted by Gasteiger charge is 2.22. The standard InChI is InChI=1S/C14H12FN5OS2/c1-21-11-4-8-10(5-9(11)15)16-6-17-12(8)22-14-20-19-13(23-14)18-7-2-3-7/h4-7H,2-3H2,1H3,(H,18,19). The zero-order valence-corrected chi connectivity index (χ0v) is 13.7. The molecule has 118 valence electrons. The van der Waals surface area contributed by atoms with Gasteiger partial charge < -0.3 is 10.1 Å². The summed E-state index contributed by atoms with van der Waals surface area (Å²) in [7, 11) is 1.43. The lowest BCUT2D eigenvalue weighted by Gasteiger charge is -2.06. The summed E-state index contributed by atoms with van der Waals surface area (Å²) in [5.41, 5.74) is 0.529. The molecule has 0 atom stereocenters. The lowest BCUT2D eigenvalue weighted by molar-refractivity contribution is 0.387. The zero-order valence-electron chi connectivity index (χ0n) is 12.1. The molecular formula is C14H12FN5OS2. The molecule has 3 aromatic rings. The van der Waals surface area contributed by atoms with Crippen molar-refractivity contribution in [2.75, 3.05) is 12.4 Å². The molecule has 0 spiro atoms. The summed E-state index contributed by atoms with van der Waals surface area (Å²) in [6, 6.07) is 3.49. The third-order valence-corrected chi connectivity index (χ3v) is 5.29. The van der Waals surface area contributed by atoms with Crippen molar-refractivity contribution >= 4 is 39.1 Å². The van der Waals surface area contributed by atoms with Crippen LogP contribution >= 0.6 is 23.1 Å². The van der Waals surface area contributed by atoms with E-state index in [0.717, 1.165) is 14.9 Å². The fraction of sp³-hybridized carbons (Fsp3) is 0.286. The van der Waals surface area contributed by atoms with Crippen LogP contribution in [-0.4, -0.2) is 33.3 Å². The van der Waals surface area contributed by atoms with Crippen LogP contribution in [0.2, 0.25) is 0 Å². The molecule has 0 saturated heterocycles. The zero-order chi connectivity index (χ0) is 15.8. The molecule has 1 fully saturated rings. The van der Waals surface area contributed by atoms with Gasteiger partial charge in [-0.05, 0) is 30.7 Å². The van der Waals surface area contributed by atoms with Crippen LogP contribution in [0.3, 0.4) is 0 Å². The highest BCUT2D eigenvalue weighted by molar-refractivity contribution is 8.01. The van der Waals surface area contributed by atoms with Crippen LogP contribution in [0.1, 0.15) is 12.8 Å². The molecule has 9 heteroatoms. The molecule has 2 heterocycles. The Bertz CT molecular complexity index is 867. The highest BCUT2D eigenvalue weighted by atomic mass is 32.2. The van der Waals surface area contributed by atoms with Gasteiger partial charge in [0, 0.05) is 17.5 Å². The van der Waals surface area contributed by atoms with Crippen LogP contribution in [0.25, 0.3) is 10.9 Å². The minimum absolute atomic E-state index is 0.169. The second-order valence-corrected chi connectivity index (χ2v) is 7.29. The second-order valence-electron chi connectivity index (χ2n) is 5.08. The van der Waals surface area contributed by atoms with Gasteiger partial charge in [0.05, 0.1) is 12.6 Å². The Balaban J connectivity index is 1.66. The lowest BCUT2D eigenvalue weighted by Crippen LogP contribution is -1.99. The van der Waals surface area contributed by atoms with Crippen LogP contribution in [0.5, 0.6) is 5.75 Å². The molecule has 1 aliphatic carbocycles. The number of nitrogens with one attached hydrogen (secondary N) is 1. The average Bonchev–Trinajstić information content (AvgIpc) is 3.25. The SMILES string of the molecule is COc1cc2c(Sc3nnc(NC4CC4)s3)ncnc2cc1F. The maximum Gasteiger partial charge on any atom is 0.206 e. The van der Waals surface area contributed by atoms with E-state index in [9.17, 15) is 4.39 Å². The van der Waals surface area contributed by atoms with Gasteiger partial charge in [-0.3, -0.25) is 0 Å². The van der Waals surface area contributed by atoms with Crippen LogP contribution in [0, 0.1) is 5.82 Å². The number of anilines is 1. The van der Waals surface area contributed by atoms with E-state index < -0.39 is 5.82 Å². The summed E-state index contributed by atoms with van der Waals surface area (Å²) in [6.07, 6.45) is 3.79. The summed E-state index contributed by atoms with van der Waals surface area (Å²) in [4.78, 5) is 8.39. The molecular weight excluding hydrogens is 337 g/mol. The number of nitrogens with zero attached hydrogens (tertiary/aromatic N) is 4. The van der Waals surface area contributed by atoms with Crippen molar-refractivity contribution in [2.24, 2.45) is 0 Å². The first kappa shape index (κ1) is 14.6. The highest BCUT2D eigenvalue weighted by Crippen LogP contribution is 2.37. The molecule has 0 amide bonds. The van der Waals surface area contributed by atoms with Gasteiger partial charge in [0.15, 0.2) is 15.9 Å². The van der Waals surface area contributed by atoms with E-state index in [-0.39, 0.29) is 5.75 Å². The fourth-order valence-electron chi connectivity index (χ4n) is 2.07. The third kappa shape index (κ3) is 3.06. The first-order chi connectivity index (χ1) is 11.2. The normalized spacial score (nSPS) is 14.2. The van der Waals surface area contributed by atoms with Crippen LogP contribution in [-0.2, 0) is 0 Å². The van der Waals surface area contributed by atoms with E-state index in [1.54, 1.807) is 6.07 Å². The van der Waals surface area contributed by atoms with Gasteiger partial charge >= 0.3 is 0 Å². The number of ether oxygens (including phenoxy) is 1. The second kappa shape index (κ2) is 5.89. The van der Waals surface area contributed by atoms with Gasteiger partial charge in [0.2, 0.25) is 5.13 Å².